The van der Waals surface area contributed by atoms with E-state index in [1.165, 1.54) is 18.3 Å². The van der Waals surface area contributed by atoms with E-state index in [0.717, 1.165) is 0 Å². The van der Waals surface area contributed by atoms with Crippen LogP contribution in [-0.4, -0.2) is 15.9 Å². The van der Waals surface area contributed by atoms with Gasteiger partial charge in [0.2, 0.25) is 5.56 Å². The number of aromatic amines is 1. The van der Waals surface area contributed by atoms with Crippen LogP contribution in [0.1, 0.15) is 23.2 Å². The molecule has 21 heavy (non-hydrogen) atoms. The van der Waals surface area contributed by atoms with Crippen LogP contribution in [0, 0.1) is 0 Å². The van der Waals surface area contributed by atoms with Crippen LogP contribution in [0.2, 0.25) is 0 Å². The molecule has 6 nitrogen and oxygen atoms in total. The molecule has 0 aliphatic carbocycles. The van der Waals surface area contributed by atoms with Crippen molar-refractivity contribution >= 4 is 22.7 Å². The fourth-order valence-electron chi connectivity index (χ4n) is 1.96. The van der Waals surface area contributed by atoms with Gasteiger partial charge in [0.25, 0.3) is 5.91 Å². The van der Waals surface area contributed by atoms with Crippen molar-refractivity contribution in [1.82, 2.24) is 9.97 Å². The Kier molecular flexibility index (Phi) is 3.27. The van der Waals surface area contributed by atoms with E-state index >= 15 is 0 Å². The predicted octanol–water partition coefficient (Wildman–Crippen LogP) is 2.33. The van der Waals surface area contributed by atoms with Gasteiger partial charge in [-0.1, -0.05) is 6.92 Å². The summed E-state index contributed by atoms with van der Waals surface area (Å²) in [7, 11) is 0. The lowest BCUT2D eigenvalue weighted by Crippen LogP contribution is -2.14. The molecule has 0 aliphatic heterocycles. The molecule has 0 saturated carbocycles. The Bertz CT molecular complexity index is 843. The molecule has 1 amide bonds. The van der Waals surface area contributed by atoms with Gasteiger partial charge in [0.1, 0.15) is 5.52 Å². The Labute approximate surface area is 119 Å². The minimum atomic E-state index is -0.301. The molecule has 0 atom stereocenters. The third-order valence-electron chi connectivity index (χ3n) is 3.04. The quantitative estimate of drug-likeness (QED) is 0.772. The van der Waals surface area contributed by atoms with Gasteiger partial charge in [-0.25, -0.2) is 4.98 Å². The van der Waals surface area contributed by atoms with E-state index in [1.54, 1.807) is 18.2 Å². The third kappa shape index (κ3) is 2.69. The normalized spacial score (nSPS) is 10.7. The zero-order valence-corrected chi connectivity index (χ0v) is 11.3. The van der Waals surface area contributed by atoms with E-state index in [-0.39, 0.29) is 11.5 Å². The zero-order valence-electron chi connectivity index (χ0n) is 11.3. The second-order valence-corrected chi connectivity index (χ2v) is 4.54. The summed E-state index contributed by atoms with van der Waals surface area (Å²) in [6.07, 6.45) is 2.09. The standard InChI is InChI=1S/C15H13N3O3/c1-2-14-18-11-7-10(4-5-12(11)21-14)17-15(20)9-3-6-13(19)16-8-9/h3-8H,2H2,1H3,(H,16,19)(H,17,20). The number of aromatic nitrogens is 2. The summed E-state index contributed by atoms with van der Waals surface area (Å²) in [4.78, 5) is 29.8. The molecule has 1 aromatic carbocycles. The third-order valence-corrected chi connectivity index (χ3v) is 3.04. The molecule has 0 aliphatic rings. The van der Waals surface area contributed by atoms with Gasteiger partial charge < -0.3 is 14.7 Å². The van der Waals surface area contributed by atoms with Crippen LogP contribution >= 0.6 is 0 Å². The number of amides is 1. The summed E-state index contributed by atoms with van der Waals surface area (Å²) in [6.45, 7) is 1.96. The number of aryl methyl sites for hydroxylation is 1. The largest absolute Gasteiger partial charge is 0.441 e. The van der Waals surface area contributed by atoms with Crippen LogP contribution in [0.4, 0.5) is 5.69 Å². The van der Waals surface area contributed by atoms with Crippen molar-refractivity contribution in [3.8, 4) is 0 Å². The average Bonchev–Trinajstić information content (AvgIpc) is 2.90. The van der Waals surface area contributed by atoms with E-state index in [9.17, 15) is 9.59 Å². The summed E-state index contributed by atoms with van der Waals surface area (Å²) in [6, 6.07) is 8.04. The van der Waals surface area contributed by atoms with Crippen LogP contribution in [0.5, 0.6) is 0 Å². The monoisotopic (exact) mass is 283 g/mol. The molecule has 3 aromatic rings. The predicted molar refractivity (Wildman–Crippen MR) is 78.4 cm³/mol. The number of hydrogen-bond donors (Lipinski definition) is 2. The number of hydrogen-bond acceptors (Lipinski definition) is 4. The SMILES string of the molecule is CCc1nc2cc(NC(=O)c3ccc(=O)[nH]c3)ccc2o1. The highest BCUT2D eigenvalue weighted by molar-refractivity contribution is 6.04. The van der Waals surface area contributed by atoms with Crippen LogP contribution in [0.3, 0.4) is 0 Å². The topological polar surface area (TPSA) is 88.0 Å². The molecule has 0 spiro atoms. The summed E-state index contributed by atoms with van der Waals surface area (Å²) >= 11 is 0. The van der Waals surface area contributed by atoms with Gasteiger partial charge in [0.05, 0.1) is 5.56 Å². The first-order chi connectivity index (χ1) is 10.2. The number of nitrogens with one attached hydrogen (secondary N) is 2. The molecule has 2 N–H and O–H groups in total. The molecular formula is C15H13N3O3. The van der Waals surface area contributed by atoms with E-state index < -0.39 is 0 Å². The summed E-state index contributed by atoms with van der Waals surface area (Å²) in [5, 5.41) is 2.75. The molecule has 3 rings (SSSR count). The van der Waals surface area contributed by atoms with Crippen molar-refractivity contribution in [3.63, 3.8) is 0 Å². The number of fused-ring (bicyclic) bond motifs is 1. The van der Waals surface area contributed by atoms with Crippen LogP contribution in [-0.2, 0) is 6.42 Å². The number of nitrogens with zero attached hydrogens (tertiary/aromatic N) is 1. The molecule has 2 aromatic heterocycles. The molecule has 0 bridgehead atoms. The van der Waals surface area contributed by atoms with E-state index in [4.69, 9.17) is 4.42 Å². The second kappa shape index (κ2) is 5.24. The van der Waals surface area contributed by atoms with Gasteiger partial charge in [-0.3, -0.25) is 9.59 Å². The molecule has 106 valence electrons. The molecular weight excluding hydrogens is 270 g/mol. The Morgan fingerprint density at radius 1 is 1.33 bits per heavy atom. The highest BCUT2D eigenvalue weighted by Gasteiger charge is 2.09. The van der Waals surface area contributed by atoms with E-state index in [0.29, 0.717) is 34.7 Å². The molecule has 2 heterocycles. The zero-order chi connectivity index (χ0) is 14.8. The number of H-pyrrole nitrogens is 1. The number of pyridine rings is 1. The number of carbonyl (C=O) groups excluding carboxylic acids is 1. The Morgan fingerprint density at radius 3 is 2.90 bits per heavy atom. The number of oxazole rings is 1. The lowest BCUT2D eigenvalue weighted by atomic mass is 10.2. The maximum atomic E-state index is 12.0. The minimum Gasteiger partial charge on any atom is -0.441 e. The van der Waals surface area contributed by atoms with Crippen molar-refractivity contribution in [3.05, 3.63) is 58.3 Å². The molecule has 0 saturated heterocycles. The maximum absolute atomic E-state index is 12.0. The van der Waals surface area contributed by atoms with Gasteiger partial charge in [0, 0.05) is 24.4 Å². The highest BCUT2D eigenvalue weighted by Crippen LogP contribution is 2.20. The van der Waals surface area contributed by atoms with Crippen molar-refractivity contribution in [2.75, 3.05) is 5.32 Å². The number of benzene rings is 1. The summed E-state index contributed by atoms with van der Waals surface area (Å²) < 4.78 is 5.51. The maximum Gasteiger partial charge on any atom is 0.257 e. The Morgan fingerprint density at radius 2 is 2.19 bits per heavy atom. The van der Waals surface area contributed by atoms with Gasteiger partial charge >= 0.3 is 0 Å². The van der Waals surface area contributed by atoms with Gasteiger partial charge in [-0.2, -0.15) is 0 Å². The molecule has 0 unspecified atom stereocenters. The fourth-order valence-corrected chi connectivity index (χ4v) is 1.96. The Hall–Kier alpha value is -2.89. The van der Waals surface area contributed by atoms with Gasteiger partial charge in [-0.05, 0) is 24.3 Å². The Balaban J connectivity index is 1.85. The van der Waals surface area contributed by atoms with Crippen LogP contribution in [0.15, 0.2) is 45.7 Å². The van der Waals surface area contributed by atoms with Crippen LogP contribution < -0.4 is 10.9 Å². The first kappa shape index (κ1) is 13.1. The first-order valence-corrected chi connectivity index (χ1v) is 6.55. The van der Waals surface area contributed by atoms with Crippen molar-refractivity contribution in [1.29, 1.82) is 0 Å². The highest BCUT2D eigenvalue weighted by atomic mass is 16.3. The first-order valence-electron chi connectivity index (χ1n) is 6.55. The lowest BCUT2D eigenvalue weighted by Gasteiger charge is -2.04. The second-order valence-electron chi connectivity index (χ2n) is 4.54. The molecule has 0 radical (unpaired) electrons. The lowest BCUT2D eigenvalue weighted by molar-refractivity contribution is 0.102. The summed E-state index contributed by atoms with van der Waals surface area (Å²) in [5.41, 5.74) is 2.14. The van der Waals surface area contributed by atoms with Crippen molar-refractivity contribution in [2.24, 2.45) is 0 Å². The number of rotatable bonds is 3. The van der Waals surface area contributed by atoms with E-state index in [2.05, 4.69) is 15.3 Å². The van der Waals surface area contributed by atoms with E-state index in [1.807, 2.05) is 6.92 Å². The van der Waals surface area contributed by atoms with Crippen LogP contribution in [0.25, 0.3) is 11.1 Å². The minimum absolute atomic E-state index is 0.248. The number of anilines is 1. The average molecular weight is 283 g/mol. The molecule has 0 fully saturated rings. The summed E-state index contributed by atoms with van der Waals surface area (Å²) in [5.74, 6) is 0.360. The molecule has 6 heteroatoms. The van der Waals surface area contributed by atoms with Crippen molar-refractivity contribution < 1.29 is 9.21 Å². The fraction of sp³-hybridized carbons (Fsp3) is 0.133. The van der Waals surface area contributed by atoms with Crippen molar-refractivity contribution in [2.45, 2.75) is 13.3 Å². The van der Waals surface area contributed by atoms with Gasteiger partial charge in [-0.15, -0.1) is 0 Å². The number of carbonyl (C=O) groups is 1. The smallest absolute Gasteiger partial charge is 0.257 e. The van der Waals surface area contributed by atoms with Gasteiger partial charge in [0.15, 0.2) is 11.5 Å².